The lowest BCUT2D eigenvalue weighted by Crippen LogP contribution is -2.34. The van der Waals surface area contributed by atoms with Crippen LogP contribution in [0.5, 0.6) is 0 Å². The molecule has 0 aromatic carbocycles. The zero-order chi connectivity index (χ0) is 8.27. The summed E-state index contributed by atoms with van der Waals surface area (Å²) < 4.78 is 0. The van der Waals surface area contributed by atoms with Gasteiger partial charge in [-0.25, -0.2) is 0 Å². The molecule has 0 radical (unpaired) electrons. The number of hydrogen-bond acceptors (Lipinski definition) is 2. The van der Waals surface area contributed by atoms with Gasteiger partial charge in [-0.1, -0.05) is 6.42 Å². The summed E-state index contributed by atoms with van der Waals surface area (Å²) >= 11 is 3.93. The maximum Gasteiger partial charge on any atom is 0.232 e. The molecule has 1 aliphatic carbocycles. The van der Waals surface area contributed by atoms with Crippen molar-refractivity contribution < 1.29 is 4.79 Å². The van der Waals surface area contributed by atoms with E-state index in [4.69, 9.17) is 0 Å². The Morgan fingerprint density at radius 3 is 2.64 bits per heavy atom. The average Bonchev–Trinajstić information content (AvgIpc) is 1.94. The Morgan fingerprint density at radius 1 is 1.64 bits per heavy atom. The minimum atomic E-state index is 0.139. The monoisotopic (exact) mass is 173 g/mol. The van der Waals surface area contributed by atoms with Crippen LogP contribution < -0.4 is 0 Å². The fourth-order valence-electron chi connectivity index (χ4n) is 1.29. The molecular weight excluding hydrogens is 158 g/mol. The molecule has 0 aliphatic heterocycles. The Labute approximate surface area is 73.4 Å². The third-order valence-electron chi connectivity index (χ3n) is 2.32. The van der Waals surface area contributed by atoms with Gasteiger partial charge in [0, 0.05) is 13.6 Å². The fraction of sp³-hybridized carbons (Fsp3) is 0.875. The summed E-state index contributed by atoms with van der Waals surface area (Å²) in [6.07, 6.45) is 3.93. The van der Waals surface area contributed by atoms with E-state index >= 15 is 0 Å². The highest BCUT2D eigenvalue weighted by molar-refractivity contribution is 7.81. The van der Waals surface area contributed by atoms with E-state index in [1.54, 1.807) is 4.90 Å². The van der Waals surface area contributed by atoms with Crippen molar-refractivity contribution >= 4 is 18.5 Å². The maximum atomic E-state index is 11.0. The molecule has 0 atom stereocenters. The molecule has 0 aromatic heterocycles. The van der Waals surface area contributed by atoms with Crippen LogP contribution in [0.2, 0.25) is 0 Å². The summed E-state index contributed by atoms with van der Waals surface area (Å²) in [5.74, 6) is 1.24. The first-order valence-electron chi connectivity index (χ1n) is 4.09. The van der Waals surface area contributed by atoms with E-state index in [9.17, 15) is 4.79 Å². The summed E-state index contributed by atoms with van der Waals surface area (Å²) in [5.41, 5.74) is 0. The number of nitrogens with zero attached hydrogens (tertiary/aromatic N) is 1. The number of rotatable bonds is 3. The number of amides is 1. The molecule has 0 heterocycles. The van der Waals surface area contributed by atoms with Crippen molar-refractivity contribution in [3.63, 3.8) is 0 Å². The minimum Gasteiger partial charge on any atom is -0.345 e. The van der Waals surface area contributed by atoms with Gasteiger partial charge in [-0.15, -0.1) is 0 Å². The standard InChI is InChI=1S/C8H15NOS/c1-9(8(10)6-11)5-7-3-2-4-7/h7,11H,2-6H2,1H3. The topological polar surface area (TPSA) is 20.3 Å². The molecule has 1 fully saturated rings. The Bertz CT molecular complexity index is 145. The summed E-state index contributed by atoms with van der Waals surface area (Å²) in [6, 6.07) is 0. The molecule has 2 nitrogen and oxygen atoms in total. The smallest absolute Gasteiger partial charge is 0.232 e. The Kier molecular flexibility index (Phi) is 3.24. The first-order chi connectivity index (χ1) is 5.24. The van der Waals surface area contributed by atoms with Gasteiger partial charge < -0.3 is 4.90 Å². The van der Waals surface area contributed by atoms with Gasteiger partial charge >= 0.3 is 0 Å². The molecule has 64 valence electrons. The van der Waals surface area contributed by atoms with Crippen molar-refractivity contribution in [2.24, 2.45) is 5.92 Å². The Morgan fingerprint density at radius 2 is 2.27 bits per heavy atom. The van der Waals surface area contributed by atoms with Crippen molar-refractivity contribution in [1.82, 2.24) is 4.90 Å². The van der Waals surface area contributed by atoms with Crippen LogP contribution in [0.4, 0.5) is 0 Å². The van der Waals surface area contributed by atoms with Crippen LogP contribution in [0.1, 0.15) is 19.3 Å². The van der Waals surface area contributed by atoms with Gasteiger partial charge in [-0.3, -0.25) is 4.79 Å². The van der Waals surface area contributed by atoms with Gasteiger partial charge in [0.25, 0.3) is 0 Å². The second-order valence-electron chi connectivity index (χ2n) is 3.23. The largest absolute Gasteiger partial charge is 0.345 e. The molecular formula is C8H15NOS. The number of carbonyl (C=O) groups is 1. The molecule has 3 heteroatoms. The van der Waals surface area contributed by atoms with Crippen LogP contribution in [-0.4, -0.2) is 30.2 Å². The first kappa shape index (κ1) is 8.91. The second kappa shape index (κ2) is 4.00. The number of carbonyl (C=O) groups excluding carboxylic acids is 1. The van der Waals surface area contributed by atoms with E-state index < -0.39 is 0 Å². The normalized spacial score (nSPS) is 17.6. The fourth-order valence-corrected chi connectivity index (χ4v) is 1.53. The van der Waals surface area contributed by atoms with Gasteiger partial charge in [0.1, 0.15) is 0 Å². The van der Waals surface area contributed by atoms with Gasteiger partial charge in [0.15, 0.2) is 0 Å². The van der Waals surface area contributed by atoms with Crippen LogP contribution in [0.3, 0.4) is 0 Å². The van der Waals surface area contributed by atoms with Crippen LogP contribution in [0, 0.1) is 5.92 Å². The third kappa shape index (κ3) is 2.40. The van der Waals surface area contributed by atoms with E-state index in [1.165, 1.54) is 19.3 Å². The lowest BCUT2D eigenvalue weighted by atomic mass is 9.85. The van der Waals surface area contributed by atoms with Crippen molar-refractivity contribution in [3.05, 3.63) is 0 Å². The molecule has 0 N–H and O–H groups in total. The number of thiol groups is 1. The highest BCUT2D eigenvalue weighted by atomic mass is 32.1. The van der Waals surface area contributed by atoms with Crippen LogP contribution >= 0.6 is 12.6 Å². The van der Waals surface area contributed by atoms with Crippen LogP contribution in [0.15, 0.2) is 0 Å². The molecule has 0 bridgehead atoms. The van der Waals surface area contributed by atoms with Crippen molar-refractivity contribution in [2.75, 3.05) is 19.3 Å². The van der Waals surface area contributed by atoms with Crippen molar-refractivity contribution in [1.29, 1.82) is 0 Å². The molecule has 1 saturated carbocycles. The van der Waals surface area contributed by atoms with Gasteiger partial charge in [-0.2, -0.15) is 12.6 Å². The lowest BCUT2D eigenvalue weighted by molar-refractivity contribution is -0.127. The molecule has 1 rings (SSSR count). The molecule has 11 heavy (non-hydrogen) atoms. The van der Waals surface area contributed by atoms with E-state index in [1.807, 2.05) is 7.05 Å². The molecule has 0 unspecified atom stereocenters. The summed E-state index contributed by atoms with van der Waals surface area (Å²) in [5, 5.41) is 0. The van der Waals surface area contributed by atoms with Gasteiger partial charge in [0.05, 0.1) is 5.75 Å². The molecule has 0 aromatic rings. The predicted octanol–water partition coefficient (Wildman–Crippen LogP) is 1.17. The Balaban J connectivity index is 2.18. The van der Waals surface area contributed by atoms with Gasteiger partial charge in [-0.05, 0) is 18.8 Å². The van der Waals surface area contributed by atoms with Crippen LogP contribution in [-0.2, 0) is 4.79 Å². The lowest BCUT2D eigenvalue weighted by Gasteiger charge is -2.29. The minimum absolute atomic E-state index is 0.139. The van der Waals surface area contributed by atoms with Crippen molar-refractivity contribution in [2.45, 2.75) is 19.3 Å². The highest BCUT2D eigenvalue weighted by Gasteiger charge is 2.20. The molecule has 0 spiro atoms. The predicted molar refractivity (Wildman–Crippen MR) is 48.8 cm³/mol. The Hall–Kier alpha value is -0.180. The van der Waals surface area contributed by atoms with Crippen molar-refractivity contribution in [3.8, 4) is 0 Å². The second-order valence-corrected chi connectivity index (χ2v) is 3.55. The van der Waals surface area contributed by atoms with E-state index in [0.29, 0.717) is 5.75 Å². The molecule has 1 amide bonds. The molecule has 0 saturated heterocycles. The summed E-state index contributed by atoms with van der Waals surface area (Å²) in [7, 11) is 1.86. The quantitative estimate of drug-likeness (QED) is 0.635. The number of hydrogen-bond donors (Lipinski definition) is 1. The van der Waals surface area contributed by atoms with E-state index in [0.717, 1.165) is 12.5 Å². The molecule has 1 aliphatic rings. The highest BCUT2D eigenvalue weighted by Crippen LogP contribution is 2.26. The summed E-state index contributed by atoms with van der Waals surface area (Å²) in [4.78, 5) is 12.8. The average molecular weight is 173 g/mol. The third-order valence-corrected chi connectivity index (χ3v) is 2.59. The summed E-state index contributed by atoms with van der Waals surface area (Å²) in [6.45, 7) is 0.930. The first-order valence-corrected chi connectivity index (χ1v) is 4.72. The van der Waals surface area contributed by atoms with Gasteiger partial charge in [0.2, 0.25) is 5.91 Å². The zero-order valence-corrected chi connectivity index (χ0v) is 7.81. The zero-order valence-electron chi connectivity index (χ0n) is 6.92. The maximum absolute atomic E-state index is 11.0. The van der Waals surface area contributed by atoms with E-state index in [-0.39, 0.29) is 5.91 Å². The van der Waals surface area contributed by atoms with Crippen LogP contribution in [0.25, 0.3) is 0 Å². The van der Waals surface area contributed by atoms with E-state index in [2.05, 4.69) is 12.6 Å². The SMILES string of the molecule is CN(CC1CCC1)C(=O)CS.